The average Bonchev–Trinajstić information content (AvgIpc) is 2.71. The molecular formula is C18H23NO3. The first-order valence-electron chi connectivity index (χ1n) is 7.56. The van der Waals surface area contributed by atoms with Crippen molar-refractivity contribution in [1.82, 2.24) is 4.90 Å². The lowest BCUT2D eigenvalue weighted by Crippen LogP contribution is -2.42. The Morgan fingerprint density at radius 1 is 1.32 bits per heavy atom. The largest absolute Gasteiger partial charge is 0.443 e. The summed E-state index contributed by atoms with van der Waals surface area (Å²) in [5.41, 5.74) is 1.05. The number of carbonyl (C=O) groups excluding carboxylic acids is 2. The standard InChI is InChI=1S/C18H23NO3/c1-13-12-15(11-10-14-8-6-5-7-9-14)19(16(13)20)17(21)22-18(2,3)4/h5-9,15H,1,10-12H2,2-4H3. The van der Waals surface area contributed by atoms with Crippen LogP contribution in [0.1, 0.15) is 39.2 Å². The molecule has 1 aliphatic rings. The first-order chi connectivity index (χ1) is 10.3. The molecular weight excluding hydrogens is 278 g/mol. The van der Waals surface area contributed by atoms with Crippen LogP contribution in [0.2, 0.25) is 0 Å². The molecule has 1 aromatic carbocycles. The van der Waals surface area contributed by atoms with Crippen molar-refractivity contribution in [2.45, 2.75) is 51.7 Å². The zero-order chi connectivity index (χ0) is 16.3. The Hall–Kier alpha value is -2.10. The molecule has 22 heavy (non-hydrogen) atoms. The number of imide groups is 1. The van der Waals surface area contributed by atoms with Gasteiger partial charge in [-0.25, -0.2) is 9.69 Å². The molecule has 118 valence electrons. The molecule has 1 heterocycles. The lowest BCUT2D eigenvalue weighted by Gasteiger charge is -2.27. The molecule has 2 rings (SSSR count). The van der Waals surface area contributed by atoms with Gasteiger partial charge >= 0.3 is 6.09 Å². The second kappa shape index (κ2) is 6.34. The van der Waals surface area contributed by atoms with Crippen LogP contribution in [0.15, 0.2) is 42.5 Å². The van der Waals surface area contributed by atoms with Crippen molar-refractivity contribution in [3.05, 3.63) is 48.0 Å². The number of hydrogen-bond acceptors (Lipinski definition) is 3. The predicted molar refractivity (Wildman–Crippen MR) is 85.4 cm³/mol. The number of ether oxygens (including phenoxy) is 1. The number of nitrogens with zero attached hydrogens (tertiary/aromatic N) is 1. The van der Waals surface area contributed by atoms with E-state index < -0.39 is 11.7 Å². The van der Waals surface area contributed by atoms with Gasteiger partial charge in [0.2, 0.25) is 0 Å². The second-order valence-electron chi connectivity index (χ2n) is 6.64. The van der Waals surface area contributed by atoms with Crippen LogP contribution < -0.4 is 0 Å². The van der Waals surface area contributed by atoms with E-state index >= 15 is 0 Å². The molecule has 0 spiro atoms. The molecule has 1 aromatic rings. The third-order valence-corrected chi connectivity index (χ3v) is 3.57. The van der Waals surface area contributed by atoms with Gasteiger partial charge < -0.3 is 4.74 Å². The van der Waals surface area contributed by atoms with Crippen LogP contribution in [0.4, 0.5) is 4.79 Å². The molecule has 1 saturated heterocycles. The molecule has 0 radical (unpaired) electrons. The van der Waals surface area contributed by atoms with Crippen molar-refractivity contribution >= 4 is 12.0 Å². The van der Waals surface area contributed by atoms with Gasteiger partial charge in [-0.1, -0.05) is 36.9 Å². The zero-order valence-corrected chi connectivity index (χ0v) is 13.5. The van der Waals surface area contributed by atoms with Crippen molar-refractivity contribution in [3.8, 4) is 0 Å². The quantitative estimate of drug-likeness (QED) is 0.800. The zero-order valence-electron chi connectivity index (χ0n) is 13.5. The highest BCUT2D eigenvalue weighted by Gasteiger charge is 2.40. The summed E-state index contributed by atoms with van der Waals surface area (Å²) in [5, 5.41) is 0. The lowest BCUT2D eigenvalue weighted by molar-refractivity contribution is -0.125. The highest BCUT2D eigenvalue weighted by atomic mass is 16.6. The maximum absolute atomic E-state index is 12.3. The molecule has 1 unspecified atom stereocenters. The van der Waals surface area contributed by atoms with Gasteiger partial charge in [0.15, 0.2) is 0 Å². The summed E-state index contributed by atoms with van der Waals surface area (Å²) >= 11 is 0. The van der Waals surface area contributed by atoms with Crippen LogP contribution in [0, 0.1) is 0 Å². The Labute approximate surface area is 131 Å². The lowest BCUT2D eigenvalue weighted by atomic mass is 10.0. The molecule has 4 heteroatoms. The maximum Gasteiger partial charge on any atom is 0.417 e. The summed E-state index contributed by atoms with van der Waals surface area (Å²) in [5.74, 6) is -0.313. The molecule has 1 atom stereocenters. The minimum absolute atomic E-state index is 0.171. The summed E-state index contributed by atoms with van der Waals surface area (Å²) in [4.78, 5) is 25.7. The number of carbonyl (C=O) groups is 2. The molecule has 0 aliphatic carbocycles. The van der Waals surface area contributed by atoms with Crippen LogP contribution in [0.25, 0.3) is 0 Å². The Morgan fingerprint density at radius 2 is 1.95 bits per heavy atom. The first-order valence-corrected chi connectivity index (χ1v) is 7.56. The van der Waals surface area contributed by atoms with Gasteiger partial charge in [-0.3, -0.25) is 4.79 Å². The smallest absolute Gasteiger partial charge is 0.417 e. The van der Waals surface area contributed by atoms with Crippen molar-refractivity contribution < 1.29 is 14.3 Å². The number of hydrogen-bond donors (Lipinski definition) is 0. The van der Waals surface area contributed by atoms with Crippen LogP contribution in [-0.2, 0) is 16.0 Å². The van der Waals surface area contributed by atoms with Gasteiger partial charge in [-0.2, -0.15) is 0 Å². The van der Waals surface area contributed by atoms with Crippen molar-refractivity contribution in [1.29, 1.82) is 0 Å². The fourth-order valence-electron chi connectivity index (χ4n) is 2.55. The first kappa shape index (κ1) is 16.3. The highest BCUT2D eigenvalue weighted by molar-refractivity contribution is 6.04. The number of likely N-dealkylation sites (tertiary alicyclic amines) is 1. The Balaban J connectivity index is 2.06. The van der Waals surface area contributed by atoms with Crippen molar-refractivity contribution in [2.24, 2.45) is 0 Å². The van der Waals surface area contributed by atoms with Gasteiger partial charge in [-0.05, 0) is 45.6 Å². The Bertz CT molecular complexity index is 572. The van der Waals surface area contributed by atoms with Crippen LogP contribution in [-0.4, -0.2) is 28.5 Å². The van der Waals surface area contributed by atoms with E-state index in [-0.39, 0.29) is 11.9 Å². The maximum atomic E-state index is 12.3. The van der Waals surface area contributed by atoms with E-state index in [1.807, 2.05) is 30.3 Å². The number of amides is 2. The third-order valence-electron chi connectivity index (χ3n) is 3.57. The van der Waals surface area contributed by atoms with E-state index in [0.717, 1.165) is 6.42 Å². The third kappa shape index (κ3) is 3.97. The monoisotopic (exact) mass is 301 g/mol. The Morgan fingerprint density at radius 3 is 2.55 bits per heavy atom. The minimum atomic E-state index is -0.620. The summed E-state index contributed by atoms with van der Waals surface area (Å²) in [7, 11) is 0. The summed E-state index contributed by atoms with van der Waals surface area (Å²) in [6, 6.07) is 9.86. The summed E-state index contributed by atoms with van der Waals surface area (Å²) in [6.45, 7) is 9.14. The molecule has 0 aromatic heterocycles. The van der Waals surface area contributed by atoms with E-state index in [1.54, 1.807) is 20.8 Å². The van der Waals surface area contributed by atoms with Crippen LogP contribution in [0.5, 0.6) is 0 Å². The molecule has 0 N–H and O–H groups in total. The minimum Gasteiger partial charge on any atom is -0.443 e. The molecule has 1 aliphatic heterocycles. The second-order valence-corrected chi connectivity index (χ2v) is 6.64. The number of rotatable bonds is 3. The van der Waals surface area contributed by atoms with Gasteiger partial charge in [-0.15, -0.1) is 0 Å². The SMILES string of the molecule is C=C1CC(CCc2ccccc2)N(C(=O)OC(C)(C)C)C1=O. The van der Waals surface area contributed by atoms with Gasteiger partial charge in [0, 0.05) is 11.6 Å². The van der Waals surface area contributed by atoms with E-state index in [1.165, 1.54) is 10.5 Å². The molecule has 0 bridgehead atoms. The van der Waals surface area contributed by atoms with Crippen molar-refractivity contribution in [3.63, 3.8) is 0 Å². The van der Waals surface area contributed by atoms with Crippen LogP contribution in [0.3, 0.4) is 0 Å². The normalized spacial score (nSPS) is 18.7. The molecule has 2 amide bonds. The summed E-state index contributed by atoms with van der Waals surface area (Å²) < 4.78 is 5.35. The fourth-order valence-corrected chi connectivity index (χ4v) is 2.55. The number of aryl methyl sites for hydroxylation is 1. The fraction of sp³-hybridized carbons (Fsp3) is 0.444. The molecule has 1 fully saturated rings. The van der Waals surface area contributed by atoms with Gasteiger partial charge in [0.1, 0.15) is 5.60 Å². The summed E-state index contributed by atoms with van der Waals surface area (Å²) in [6.07, 6.45) is 1.47. The number of benzene rings is 1. The van der Waals surface area contributed by atoms with E-state index in [2.05, 4.69) is 6.58 Å². The average molecular weight is 301 g/mol. The van der Waals surface area contributed by atoms with E-state index in [9.17, 15) is 9.59 Å². The van der Waals surface area contributed by atoms with E-state index in [0.29, 0.717) is 18.4 Å². The van der Waals surface area contributed by atoms with Gasteiger partial charge in [0.05, 0.1) is 0 Å². The topological polar surface area (TPSA) is 46.6 Å². The van der Waals surface area contributed by atoms with Crippen molar-refractivity contribution in [2.75, 3.05) is 0 Å². The predicted octanol–water partition coefficient (Wildman–Crippen LogP) is 3.71. The highest BCUT2D eigenvalue weighted by Crippen LogP contribution is 2.28. The van der Waals surface area contributed by atoms with E-state index in [4.69, 9.17) is 4.74 Å². The molecule has 4 nitrogen and oxygen atoms in total. The van der Waals surface area contributed by atoms with Crippen LogP contribution >= 0.6 is 0 Å². The Kier molecular flexibility index (Phi) is 4.69. The molecule has 0 saturated carbocycles. The van der Waals surface area contributed by atoms with Gasteiger partial charge in [0.25, 0.3) is 5.91 Å².